The molecule has 1 aliphatic heterocycles. The molecule has 188 valence electrons. The first-order chi connectivity index (χ1) is 17.2. The maximum absolute atomic E-state index is 13.4. The largest absolute Gasteiger partial charge is 0.416 e. The molecule has 0 unspecified atom stereocenters. The molecule has 0 amide bonds. The van der Waals surface area contributed by atoms with E-state index in [0.717, 1.165) is 49.1 Å². The van der Waals surface area contributed by atoms with Crippen molar-refractivity contribution in [3.8, 4) is 11.3 Å². The standard InChI is InChI=1S/C29H30F3N3O/c1-17-5-4-6-18(2)24(17)26-25(27(36-34-26)20-7-8-20)21-14-28(15-21)9-11-35(12-10-28)23-13-22(29(30,31)32)19(3)16-33-23/h4-6,13-14,16,20H,7-12,15H2,1-3H3. The van der Waals surface area contributed by atoms with Gasteiger partial charge in [-0.25, -0.2) is 4.98 Å². The quantitative estimate of drug-likeness (QED) is 0.375. The number of pyridine rings is 1. The molecule has 3 heterocycles. The van der Waals surface area contributed by atoms with Gasteiger partial charge in [0.25, 0.3) is 0 Å². The predicted molar refractivity (Wildman–Crippen MR) is 134 cm³/mol. The van der Waals surface area contributed by atoms with Gasteiger partial charge in [-0.3, -0.25) is 0 Å². The molecule has 36 heavy (non-hydrogen) atoms. The molecule has 6 rings (SSSR count). The van der Waals surface area contributed by atoms with Crippen molar-refractivity contribution in [3.63, 3.8) is 0 Å². The molecule has 0 atom stereocenters. The number of piperidine rings is 1. The van der Waals surface area contributed by atoms with E-state index in [1.165, 1.54) is 41.5 Å². The zero-order valence-electron chi connectivity index (χ0n) is 20.9. The lowest BCUT2D eigenvalue weighted by atomic mass is 9.63. The van der Waals surface area contributed by atoms with Crippen LogP contribution in [-0.4, -0.2) is 23.2 Å². The molecule has 2 aromatic heterocycles. The second-order valence-corrected chi connectivity index (χ2v) is 10.9. The van der Waals surface area contributed by atoms with Gasteiger partial charge in [0.05, 0.1) is 5.56 Å². The minimum absolute atomic E-state index is 0.0829. The fraction of sp³-hybridized carbons (Fsp3) is 0.448. The van der Waals surface area contributed by atoms with Crippen molar-refractivity contribution >= 4 is 11.4 Å². The third kappa shape index (κ3) is 3.93. The molecule has 1 saturated heterocycles. The summed E-state index contributed by atoms with van der Waals surface area (Å²) in [6.07, 6.45) is 4.40. The van der Waals surface area contributed by atoms with Gasteiger partial charge in [0.2, 0.25) is 0 Å². The summed E-state index contributed by atoms with van der Waals surface area (Å²) < 4.78 is 46.1. The van der Waals surface area contributed by atoms with Crippen molar-refractivity contribution in [3.05, 3.63) is 70.1 Å². The van der Waals surface area contributed by atoms with Crippen LogP contribution >= 0.6 is 0 Å². The molecule has 7 heteroatoms. The number of aromatic nitrogens is 2. The van der Waals surface area contributed by atoms with Gasteiger partial charge in [0, 0.05) is 36.3 Å². The number of hydrogen-bond acceptors (Lipinski definition) is 4. The van der Waals surface area contributed by atoms with Gasteiger partial charge in [0.15, 0.2) is 0 Å². The van der Waals surface area contributed by atoms with Gasteiger partial charge in [-0.2, -0.15) is 13.2 Å². The third-order valence-corrected chi connectivity index (χ3v) is 8.21. The SMILES string of the molecule is Cc1cnc(N2CCC3(C=C(c4c(-c5c(C)cccc5C)noc4C4CC4)C3)CC2)cc1C(F)(F)F. The Balaban J connectivity index is 1.25. The summed E-state index contributed by atoms with van der Waals surface area (Å²) in [5.74, 6) is 1.90. The highest BCUT2D eigenvalue weighted by Gasteiger charge is 2.44. The summed E-state index contributed by atoms with van der Waals surface area (Å²) in [4.78, 5) is 6.30. The molecule has 1 aromatic carbocycles. The van der Waals surface area contributed by atoms with Crippen molar-refractivity contribution in [2.75, 3.05) is 18.0 Å². The van der Waals surface area contributed by atoms with E-state index in [4.69, 9.17) is 4.52 Å². The summed E-state index contributed by atoms with van der Waals surface area (Å²) in [7, 11) is 0. The van der Waals surface area contributed by atoms with Crippen LogP contribution in [0.15, 0.2) is 41.1 Å². The monoisotopic (exact) mass is 493 g/mol. The van der Waals surface area contributed by atoms with Crippen LogP contribution in [-0.2, 0) is 6.18 Å². The van der Waals surface area contributed by atoms with Crippen LogP contribution < -0.4 is 4.90 Å². The van der Waals surface area contributed by atoms with Gasteiger partial charge >= 0.3 is 6.18 Å². The van der Waals surface area contributed by atoms with E-state index >= 15 is 0 Å². The van der Waals surface area contributed by atoms with Crippen LogP contribution in [0.3, 0.4) is 0 Å². The molecule has 2 fully saturated rings. The molecule has 0 N–H and O–H groups in total. The molecule has 1 spiro atoms. The highest BCUT2D eigenvalue weighted by Crippen LogP contribution is 2.56. The predicted octanol–water partition coefficient (Wildman–Crippen LogP) is 7.63. The Morgan fingerprint density at radius 2 is 1.67 bits per heavy atom. The Kier molecular flexibility index (Phi) is 5.32. The van der Waals surface area contributed by atoms with Crippen molar-refractivity contribution < 1.29 is 17.7 Å². The van der Waals surface area contributed by atoms with Crippen molar-refractivity contribution in [2.24, 2.45) is 5.41 Å². The minimum atomic E-state index is -4.37. The Hall–Kier alpha value is -3.09. The summed E-state index contributed by atoms with van der Waals surface area (Å²) >= 11 is 0. The topological polar surface area (TPSA) is 42.2 Å². The van der Waals surface area contributed by atoms with E-state index < -0.39 is 11.7 Å². The number of hydrogen-bond donors (Lipinski definition) is 0. The Morgan fingerprint density at radius 1 is 1.00 bits per heavy atom. The number of benzene rings is 1. The maximum atomic E-state index is 13.4. The van der Waals surface area contributed by atoms with E-state index in [1.54, 1.807) is 0 Å². The van der Waals surface area contributed by atoms with Gasteiger partial charge in [0.1, 0.15) is 17.3 Å². The second-order valence-electron chi connectivity index (χ2n) is 10.9. The number of alkyl halides is 3. The average Bonchev–Trinajstić information content (AvgIpc) is 3.57. The van der Waals surface area contributed by atoms with E-state index in [-0.39, 0.29) is 11.0 Å². The first kappa shape index (κ1) is 23.3. The molecule has 4 nitrogen and oxygen atoms in total. The zero-order valence-corrected chi connectivity index (χ0v) is 20.9. The maximum Gasteiger partial charge on any atom is 0.416 e. The van der Waals surface area contributed by atoms with Gasteiger partial charge in [-0.05, 0) is 86.6 Å². The van der Waals surface area contributed by atoms with Crippen LogP contribution in [0.4, 0.5) is 19.0 Å². The summed E-state index contributed by atoms with van der Waals surface area (Å²) in [6, 6.07) is 7.51. The number of nitrogens with zero attached hydrogens (tertiary/aromatic N) is 3. The third-order valence-electron chi connectivity index (χ3n) is 8.21. The Bertz CT molecular complexity index is 1340. The normalized spacial score (nSPS) is 19.4. The second kappa shape index (κ2) is 8.22. The lowest BCUT2D eigenvalue weighted by Crippen LogP contribution is -2.42. The lowest BCUT2D eigenvalue weighted by Gasteiger charge is -2.46. The molecule has 2 aliphatic carbocycles. The van der Waals surface area contributed by atoms with Gasteiger partial charge < -0.3 is 9.42 Å². The highest BCUT2D eigenvalue weighted by molar-refractivity contribution is 5.86. The van der Waals surface area contributed by atoms with E-state index in [0.29, 0.717) is 24.8 Å². The molecular weight excluding hydrogens is 463 g/mol. The summed E-state index contributed by atoms with van der Waals surface area (Å²) in [5.41, 5.74) is 6.62. The number of halogens is 3. The van der Waals surface area contributed by atoms with Crippen molar-refractivity contribution in [1.29, 1.82) is 0 Å². The Labute approximate surface area is 209 Å². The van der Waals surface area contributed by atoms with Crippen LogP contribution in [0.2, 0.25) is 0 Å². The molecule has 3 aliphatic rings. The van der Waals surface area contributed by atoms with E-state index in [9.17, 15) is 13.2 Å². The van der Waals surface area contributed by atoms with Crippen LogP contribution in [0.25, 0.3) is 16.8 Å². The molecule has 1 saturated carbocycles. The van der Waals surface area contributed by atoms with Gasteiger partial charge in [-0.15, -0.1) is 0 Å². The number of anilines is 1. The first-order valence-corrected chi connectivity index (χ1v) is 12.7. The smallest absolute Gasteiger partial charge is 0.360 e. The number of aryl methyl sites for hydroxylation is 3. The highest BCUT2D eigenvalue weighted by atomic mass is 19.4. The van der Waals surface area contributed by atoms with E-state index in [1.807, 2.05) is 4.90 Å². The van der Waals surface area contributed by atoms with Gasteiger partial charge in [-0.1, -0.05) is 29.4 Å². The Morgan fingerprint density at radius 3 is 2.28 bits per heavy atom. The fourth-order valence-corrected chi connectivity index (χ4v) is 5.97. The molecule has 0 radical (unpaired) electrons. The number of allylic oxidation sites excluding steroid dienone is 2. The van der Waals surface area contributed by atoms with Crippen molar-refractivity contribution in [1.82, 2.24) is 10.1 Å². The fourth-order valence-electron chi connectivity index (χ4n) is 5.97. The van der Waals surface area contributed by atoms with Crippen LogP contribution in [0, 0.1) is 26.2 Å². The lowest BCUT2D eigenvalue weighted by molar-refractivity contribution is -0.138. The van der Waals surface area contributed by atoms with Crippen LogP contribution in [0.1, 0.15) is 71.6 Å². The summed E-state index contributed by atoms with van der Waals surface area (Å²) in [5, 5.41) is 4.57. The first-order valence-electron chi connectivity index (χ1n) is 12.7. The minimum Gasteiger partial charge on any atom is -0.360 e. The van der Waals surface area contributed by atoms with E-state index in [2.05, 4.69) is 48.3 Å². The summed E-state index contributed by atoms with van der Waals surface area (Å²) in [6.45, 7) is 7.08. The number of rotatable bonds is 4. The molecule has 0 bridgehead atoms. The zero-order chi connectivity index (χ0) is 25.2. The molecular formula is C29H30F3N3O. The molecule has 3 aromatic rings. The average molecular weight is 494 g/mol. The van der Waals surface area contributed by atoms with Crippen LogP contribution in [0.5, 0.6) is 0 Å². The van der Waals surface area contributed by atoms with Crippen molar-refractivity contribution in [2.45, 2.75) is 65.0 Å².